The van der Waals surface area contributed by atoms with Crippen molar-refractivity contribution in [2.45, 2.75) is 19.8 Å². The minimum atomic E-state index is -0.731. The molecule has 0 fully saturated rings. The number of carbonyl (C=O) groups is 1. The Balaban J connectivity index is 2.17. The molecule has 0 radical (unpaired) electrons. The van der Waals surface area contributed by atoms with E-state index >= 15 is 0 Å². The maximum atomic E-state index is 11.1. The van der Waals surface area contributed by atoms with E-state index in [9.17, 15) is 4.79 Å². The number of aliphatic carboxylic acids is 1. The fourth-order valence-electron chi connectivity index (χ4n) is 2.88. The average Bonchev–Trinajstić information content (AvgIpc) is 2.51. The number of benzene rings is 3. The molecule has 112 valence electrons. The third-order valence-electron chi connectivity index (χ3n) is 4.19. The summed E-state index contributed by atoms with van der Waals surface area (Å²) in [7, 11) is 0. The van der Waals surface area contributed by atoms with Gasteiger partial charge in [-0.3, -0.25) is 4.79 Å². The Hall–Kier alpha value is -1.87. The molecular weight excluding hydrogens is 340 g/mol. The molecule has 0 saturated carbocycles. The van der Waals surface area contributed by atoms with Gasteiger partial charge in [-0.1, -0.05) is 53.2 Å². The molecule has 3 aromatic rings. The summed E-state index contributed by atoms with van der Waals surface area (Å²) in [4.78, 5) is 11.1. The monoisotopic (exact) mass is 356 g/mol. The lowest BCUT2D eigenvalue weighted by molar-refractivity contribution is -0.141. The Labute approximate surface area is 137 Å². The minimum absolute atomic E-state index is 0.332. The molecule has 3 aromatic carbocycles. The van der Waals surface area contributed by atoms with E-state index in [2.05, 4.69) is 46.3 Å². The first-order chi connectivity index (χ1) is 10.6. The lowest BCUT2D eigenvalue weighted by Gasteiger charge is -2.13. The summed E-state index contributed by atoms with van der Waals surface area (Å²) in [5.41, 5.74) is 1.24. The molecule has 0 spiro atoms. The molecule has 3 rings (SSSR count). The van der Waals surface area contributed by atoms with Crippen LogP contribution in [-0.4, -0.2) is 11.1 Å². The van der Waals surface area contributed by atoms with Crippen LogP contribution >= 0.6 is 15.9 Å². The van der Waals surface area contributed by atoms with Crippen LogP contribution in [0, 0.1) is 5.92 Å². The molecule has 22 heavy (non-hydrogen) atoms. The van der Waals surface area contributed by atoms with Crippen LogP contribution in [0.15, 0.2) is 53.0 Å². The van der Waals surface area contributed by atoms with Crippen LogP contribution in [-0.2, 0) is 11.2 Å². The zero-order chi connectivity index (χ0) is 15.7. The van der Waals surface area contributed by atoms with Crippen molar-refractivity contribution < 1.29 is 9.90 Å². The summed E-state index contributed by atoms with van der Waals surface area (Å²) >= 11 is 3.54. The lowest BCUT2D eigenvalue weighted by Crippen LogP contribution is -2.10. The number of fused-ring (bicyclic) bond motifs is 2. The Kier molecular flexibility index (Phi) is 4.16. The van der Waals surface area contributed by atoms with Crippen LogP contribution in [0.2, 0.25) is 0 Å². The fourth-order valence-corrected chi connectivity index (χ4v) is 3.24. The molecule has 2 nitrogen and oxygen atoms in total. The van der Waals surface area contributed by atoms with E-state index in [0.29, 0.717) is 6.42 Å². The SMILES string of the molecule is CC(CCc1c2ccccc2cc2ccc(Br)cc12)C(=O)O. The summed E-state index contributed by atoms with van der Waals surface area (Å²) in [6.07, 6.45) is 1.41. The highest BCUT2D eigenvalue weighted by atomic mass is 79.9. The fraction of sp³-hybridized carbons (Fsp3) is 0.211. The molecule has 0 bridgehead atoms. The van der Waals surface area contributed by atoms with Crippen LogP contribution in [0.3, 0.4) is 0 Å². The standard InChI is InChI=1S/C19H17BrO2/c1-12(19(21)22)6-9-17-16-5-3-2-4-13(16)10-14-7-8-15(20)11-18(14)17/h2-5,7-8,10-12H,6,9H2,1H3,(H,21,22). The maximum Gasteiger partial charge on any atom is 0.306 e. The van der Waals surface area contributed by atoms with Crippen molar-refractivity contribution in [1.82, 2.24) is 0 Å². The van der Waals surface area contributed by atoms with Crippen molar-refractivity contribution in [3.8, 4) is 0 Å². The van der Waals surface area contributed by atoms with Gasteiger partial charge in [0.05, 0.1) is 5.92 Å². The van der Waals surface area contributed by atoms with E-state index in [1.807, 2.05) is 18.2 Å². The minimum Gasteiger partial charge on any atom is -0.481 e. The molecule has 1 unspecified atom stereocenters. The highest BCUT2D eigenvalue weighted by Gasteiger charge is 2.14. The van der Waals surface area contributed by atoms with Gasteiger partial charge < -0.3 is 5.11 Å². The van der Waals surface area contributed by atoms with Crippen LogP contribution < -0.4 is 0 Å². The summed E-state index contributed by atoms with van der Waals surface area (Å²) in [5.74, 6) is -1.06. The van der Waals surface area contributed by atoms with Gasteiger partial charge in [0.25, 0.3) is 0 Å². The summed E-state index contributed by atoms with van der Waals surface area (Å²) in [5, 5.41) is 13.9. The predicted molar refractivity (Wildman–Crippen MR) is 94.3 cm³/mol. The summed E-state index contributed by atoms with van der Waals surface area (Å²) < 4.78 is 1.04. The van der Waals surface area contributed by atoms with E-state index in [1.54, 1.807) is 6.92 Å². The van der Waals surface area contributed by atoms with Crippen molar-refractivity contribution in [2.24, 2.45) is 5.92 Å². The van der Waals surface area contributed by atoms with E-state index < -0.39 is 5.97 Å². The molecule has 0 aliphatic carbocycles. The van der Waals surface area contributed by atoms with E-state index in [1.165, 1.54) is 27.1 Å². The molecule has 1 N–H and O–H groups in total. The summed E-state index contributed by atoms with van der Waals surface area (Å²) in [6, 6.07) is 16.8. The van der Waals surface area contributed by atoms with Gasteiger partial charge in [0.2, 0.25) is 0 Å². The van der Waals surface area contributed by atoms with Crippen molar-refractivity contribution in [2.75, 3.05) is 0 Å². The second-order valence-electron chi connectivity index (χ2n) is 5.72. The molecule has 0 aliphatic heterocycles. The Morgan fingerprint density at radius 2 is 1.82 bits per heavy atom. The van der Waals surface area contributed by atoms with Gasteiger partial charge in [0.15, 0.2) is 0 Å². The number of aryl methyl sites for hydroxylation is 1. The second kappa shape index (κ2) is 6.09. The largest absolute Gasteiger partial charge is 0.481 e. The van der Waals surface area contributed by atoms with Gasteiger partial charge in [0.1, 0.15) is 0 Å². The molecule has 1 atom stereocenters. The van der Waals surface area contributed by atoms with Crippen LogP contribution in [0.5, 0.6) is 0 Å². The highest BCUT2D eigenvalue weighted by Crippen LogP contribution is 2.32. The summed E-state index contributed by atoms with van der Waals surface area (Å²) in [6.45, 7) is 1.77. The Morgan fingerprint density at radius 3 is 2.59 bits per heavy atom. The van der Waals surface area contributed by atoms with Gasteiger partial charge in [-0.25, -0.2) is 0 Å². The first-order valence-corrected chi connectivity index (χ1v) is 8.18. The quantitative estimate of drug-likeness (QED) is 0.634. The zero-order valence-corrected chi connectivity index (χ0v) is 13.9. The number of halogens is 1. The van der Waals surface area contributed by atoms with Crippen molar-refractivity contribution in [3.63, 3.8) is 0 Å². The zero-order valence-electron chi connectivity index (χ0n) is 12.3. The maximum absolute atomic E-state index is 11.1. The molecule has 0 heterocycles. The molecule has 3 heteroatoms. The molecule has 0 aromatic heterocycles. The van der Waals surface area contributed by atoms with Crippen molar-refractivity contribution in [3.05, 3.63) is 58.6 Å². The van der Waals surface area contributed by atoms with E-state index in [-0.39, 0.29) is 5.92 Å². The van der Waals surface area contributed by atoms with Crippen molar-refractivity contribution in [1.29, 1.82) is 0 Å². The Morgan fingerprint density at radius 1 is 1.09 bits per heavy atom. The van der Waals surface area contributed by atoms with Gasteiger partial charge in [-0.15, -0.1) is 0 Å². The van der Waals surface area contributed by atoms with Gasteiger partial charge in [0, 0.05) is 4.47 Å². The third-order valence-corrected chi connectivity index (χ3v) is 4.68. The Bertz CT molecular complexity index is 855. The van der Waals surface area contributed by atoms with Gasteiger partial charge in [-0.2, -0.15) is 0 Å². The molecule has 0 saturated heterocycles. The molecule has 0 aliphatic rings. The van der Waals surface area contributed by atoms with E-state index in [0.717, 1.165) is 10.9 Å². The van der Waals surface area contributed by atoms with Crippen LogP contribution in [0.25, 0.3) is 21.5 Å². The third kappa shape index (κ3) is 2.86. The van der Waals surface area contributed by atoms with Crippen LogP contribution in [0.1, 0.15) is 18.9 Å². The van der Waals surface area contributed by atoms with Gasteiger partial charge in [-0.05, 0) is 58.1 Å². The molecule has 0 amide bonds. The lowest BCUT2D eigenvalue weighted by atomic mass is 9.92. The first kappa shape index (κ1) is 15.0. The average molecular weight is 357 g/mol. The number of carboxylic acid groups (broad SMARTS) is 1. The topological polar surface area (TPSA) is 37.3 Å². The second-order valence-corrected chi connectivity index (χ2v) is 6.64. The van der Waals surface area contributed by atoms with Crippen molar-refractivity contribution >= 4 is 43.4 Å². The molecular formula is C19H17BrO2. The van der Waals surface area contributed by atoms with Gasteiger partial charge >= 0.3 is 5.97 Å². The smallest absolute Gasteiger partial charge is 0.306 e. The number of carboxylic acids is 1. The normalized spacial score (nSPS) is 12.6. The van der Waals surface area contributed by atoms with E-state index in [4.69, 9.17) is 5.11 Å². The first-order valence-electron chi connectivity index (χ1n) is 7.39. The number of hydrogen-bond donors (Lipinski definition) is 1. The van der Waals surface area contributed by atoms with Crippen LogP contribution in [0.4, 0.5) is 0 Å². The predicted octanol–water partition coefficient (Wildman–Crippen LogP) is 5.41. The number of hydrogen-bond acceptors (Lipinski definition) is 1. The highest BCUT2D eigenvalue weighted by molar-refractivity contribution is 9.10. The number of rotatable bonds is 4.